The van der Waals surface area contributed by atoms with Gasteiger partial charge in [-0.15, -0.1) is 0 Å². The highest BCUT2D eigenvalue weighted by Gasteiger charge is 2.14. The summed E-state index contributed by atoms with van der Waals surface area (Å²) in [6.45, 7) is -0.358. The molecule has 2 N–H and O–H groups in total. The predicted octanol–water partition coefficient (Wildman–Crippen LogP) is 2.89. The Morgan fingerprint density at radius 1 is 0.958 bits per heavy atom. The Morgan fingerprint density at radius 3 is 2.29 bits per heavy atom. The summed E-state index contributed by atoms with van der Waals surface area (Å²) in [7, 11) is 0. The van der Waals surface area contributed by atoms with Crippen LogP contribution in [-0.4, -0.2) is 26.8 Å². The molecule has 0 spiro atoms. The number of amides is 1. The van der Waals surface area contributed by atoms with E-state index >= 15 is 0 Å². The number of carboxylic acid groups (broad SMARTS) is 1. The lowest BCUT2D eigenvalue weighted by atomic mass is 10.1. The van der Waals surface area contributed by atoms with E-state index in [1.807, 2.05) is 42.5 Å². The first-order valence-electron chi connectivity index (χ1n) is 7.34. The lowest BCUT2D eigenvalue weighted by Gasteiger charge is -2.08. The number of nitrogens with one attached hydrogen (secondary N) is 1. The second-order valence-corrected chi connectivity index (χ2v) is 5.17. The van der Waals surface area contributed by atoms with Gasteiger partial charge in [-0.1, -0.05) is 42.5 Å². The first-order valence-corrected chi connectivity index (χ1v) is 7.34. The van der Waals surface area contributed by atoms with Crippen molar-refractivity contribution in [3.63, 3.8) is 0 Å². The van der Waals surface area contributed by atoms with Crippen molar-refractivity contribution in [1.82, 2.24) is 9.78 Å². The Bertz CT molecular complexity index is 855. The van der Waals surface area contributed by atoms with Crippen LogP contribution < -0.4 is 5.32 Å². The number of aliphatic carboxylic acids is 1. The second-order valence-electron chi connectivity index (χ2n) is 5.17. The molecular formula is C18H15N3O3. The van der Waals surface area contributed by atoms with Gasteiger partial charge in [0.1, 0.15) is 12.2 Å². The number of benzene rings is 2. The Morgan fingerprint density at radius 2 is 1.62 bits per heavy atom. The van der Waals surface area contributed by atoms with Crippen LogP contribution in [0.3, 0.4) is 0 Å². The highest BCUT2D eigenvalue weighted by Crippen LogP contribution is 2.21. The molecule has 6 heteroatoms. The molecule has 1 aromatic heterocycles. The van der Waals surface area contributed by atoms with E-state index in [-0.39, 0.29) is 12.2 Å². The quantitative estimate of drug-likeness (QED) is 0.757. The monoisotopic (exact) mass is 321 g/mol. The standard InChI is InChI=1S/C18H15N3O3/c22-17(23)12-21-16(10-11-19-21)18(24)20-15-8-6-14(7-9-15)13-4-2-1-3-5-13/h1-11H,12H2,(H,20,24)(H,22,23). The van der Waals surface area contributed by atoms with Crippen molar-refractivity contribution >= 4 is 17.6 Å². The summed E-state index contributed by atoms with van der Waals surface area (Å²) >= 11 is 0. The molecule has 120 valence electrons. The van der Waals surface area contributed by atoms with E-state index in [0.29, 0.717) is 5.69 Å². The second kappa shape index (κ2) is 6.78. The van der Waals surface area contributed by atoms with Gasteiger partial charge in [0, 0.05) is 11.9 Å². The Hall–Kier alpha value is -3.41. The maximum absolute atomic E-state index is 12.3. The maximum Gasteiger partial charge on any atom is 0.325 e. The highest BCUT2D eigenvalue weighted by atomic mass is 16.4. The number of rotatable bonds is 5. The van der Waals surface area contributed by atoms with Crippen LogP contribution in [0.2, 0.25) is 0 Å². The lowest BCUT2D eigenvalue weighted by Crippen LogP contribution is -2.20. The zero-order valence-electron chi connectivity index (χ0n) is 12.7. The lowest BCUT2D eigenvalue weighted by molar-refractivity contribution is -0.137. The van der Waals surface area contributed by atoms with Crippen molar-refractivity contribution in [3.8, 4) is 11.1 Å². The van der Waals surface area contributed by atoms with Crippen LogP contribution in [0.25, 0.3) is 11.1 Å². The minimum atomic E-state index is -1.06. The van der Waals surface area contributed by atoms with Gasteiger partial charge in [0.15, 0.2) is 0 Å². The van der Waals surface area contributed by atoms with E-state index in [0.717, 1.165) is 15.8 Å². The molecule has 0 atom stereocenters. The number of hydrogen-bond donors (Lipinski definition) is 2. The summed E-state index contributed by atoms with van der Waals surface area (Å²) in [4.78, 5) is 23.0. The number of carboxylic acids is 1. The number of nitrogens with zero attached hydrogens (tertiary/aromatic N) is 2. The van der Waals surface area contributed by atoms with Crippen LogP contribution in [0.15, 0.2) is 66.9 Å². The molecule has 0 fully saturated rings. The minimum Gasteiger partial charge on any atom is -0.480 e. The van der Waals surface area contributed by atoms with Crippen molar-refractivity contribution in [2.24, 2.45) is 0 Å². The molecule has 6 nitrogen and oxygen atoms in total. The fourth-order valence-electron chi connectivity index (χ4n) is 2.35. The average molecular weight is 321 g/mol. The first kappa shape index (κ1) is 15.5. The van der Waals surface area contributed by atoms with Gasteiger partial charge in [0.05, 0.1) is 0 Å². The number of carbonyl (C=O) groups excluding carboxylic acids is 1. The molecule has 0 aliphatic heterocycles. The normalized spacial score (nSPS) is 10.3. The van der Waals surface area contributed by atoms with Crippen molar-refractivity contribution in [2.75, 3.05) is 5.32 Å². The summed E-state index contributed by atoms with van der Waals surface area (Å²) < 4.78 is 1.15. The van der Waals surface area contributed by atoms with Crippen molar-refractivity contribution in [3.05, 3.63) is 72.6 Å². The van der Waals surface area contributed by atoms with Crippen LogP contribution in [-0.2, 0) is 11.3 Å². The molecule has 0 radical (unpaired) electrons. The molecule has 0 unspecified atom stereocenters. The van der Waals surface area contributed by atoms with E-state index in [1.54, 1.807) is 12.1 Å². The summed E-state index contributed by atoms with van der Waals surface area (Å²) in [5.74, 6) is -1.46. The molecular weight excluding hydrogens is 306 g/mol. The van der Waals surface area contributed by atoms with E-state index in [4.69, 9.17) is 5.11 Å². The highest BCUT2D eigenvalue weighted by molar-refractivity contribution is 6.03. The SMILES string of the molecule is O=C(O)Cn1nccc1C(=O)Nc1ccc(-c2ccccc2)cc1. The van der Waals surface area contributed by atoms with Crippen LogP contribution in [0, 0.1) is 0 Å². The van der Waals surface area contributed by atoms with E-state index in [9.17, 15) is 9.59 Å². The van der Waals surface area contributed by atoms with Gasteiger partial charge in [0.25, 0.3) is 5.91 Å². The van der Waals surface area contributed by atoms with E-state index in [1.165, 1.54) is 12.3 Å². The summed E-state index contributed by atoms with van der Waals surface area (Å²) in [5.41, 5.74) is 2.96. The molecule has 0 saturated heterocycles. The summed E-state index contributed by atoms with van der Waals surface area (Å²) in [5, 5.41) is 15.4. The van der Waals surface area contributed by atoms with Gasteiger partial charge in [-0.2, -0.15) is 5.10 Å². The number of aromatic nitrogens is 2. The molecule has 0 aliphatic rings. The molecule has 3 rings (SSSR count). The fourth-order valence-corrected chi connectivity index (χ4v) is 2.35. The Balaban J connectivity index is 1.73. The summed E-state index contributed by atoms with van der Waals surface area (Å²) in [6.07, 6.45) is 1.40. The predicted molar refractivity (Wildman–Crippen MR) is 89.7 cm³/mol. The molecule has 3 aromatic rings. The molecule has 0 saturated carbocycles. The largest absolute Gasteiger partial charge is 0.480 e. The molecule has 1 amide bonds. The molecule has 1 heterocycles. The average Bonchev–Trinajstić information content (AvgIpc) is 3.04. The maximum atomic E-state index is 12.3. The van der Waals surface area contributed by atoms with Gasteiger partial charge >= 0.3 is 5.97 Å². The molecule has 0 bridgehead atoms. The topological polar surface area (TPSA) is 84.2 Å². The zero-order valence-corrected chi connectivity index (χ0v) is 12.7. The minimum absolute atomic E-state index is 0.199. The van der Waals surface area contributed by atoms with Gasteiger partial charge in [-0.05, 0) is 29.3 Å². The van der Waals surface area contributed by atoms with Gasteiger partial charge < -0.3 is 10.4 Å². The third kappa shape index (κ3) is 3.49. The molecule has 24 heavy (non-hydrogen) atoms. The van der Waals surface area contributed by atoms with Crippen molar-refractivity contribution < 1.29 is 14.7 Å². The van der Waals surface area contributed by atoms with E-state index in [2.05, 4.69) is 10.4 Å². The third-order valence-electron chi connectivity index (χ3n) is 3.48. The van der Waals surface area contributed by atoms with Crippen LogP contribution in [0.4, 0.5) is 5.69 Å². The number of anilines is 1. The van der Waals surface area contributed by atoms with Crippen molar-refractivity contribution in [2.45, 2.75) is 6.54 Å². The Labute approximate surface area is 138 Å². The number of hydrogen-bond acceptors (Lipinski definition) is 3. The number of carbonyl (C=O) groups is 2. The fraction of sp³-hybridized carbons (Fsp3) is 0.0556. The summed E-state index contributed by atoms with van der Waals surface area (Å²) in [6, 6.07) is 18.8. The van der Waals surface area contributed by atoms with Crippen molar-refractivity contribution in [1.29, 1.82) is 0 Å². The first-order chi connectivity index (χ1) is 11.6. The molecule has 0 aliphatic carbocycles. The van der Waals surface area contributed by atoms with Gasteiger partial charge in [-0.25, -0.2) is 4.68 Å². The smallest absolute Gasteiger partial charge is 0.325 e. The third-order valence-corrected chi connectivity index (χ3v) is 3.48. The van der Waals surface area contributed by atoms with Gasteiger partial charge in [0.2, 0.25) is 0 Å². The van der Waals surface area contributed by atoms with Crippen LogP contribution in [0.1, 0.15) is 10.5 Å². The van der Waals surface area contributed by atoms with Crippen LogP contribution in [0.5, 0.6) is 0 Å². The molecule has 2 aromatic carbocycles. The zero-order chi connectivity index (χ0) is 16.9. The van der Waals surface area contributed by atoms with Gasteiger partial charge in [-0.3, -0.25) is 9.59 Å². The Kier molecular flexibility index (Phi) is 4.38. The van der Waals surface area contributed by atoms with Crippen LogP contribution >= 0.6 is 0 Å². The van der Waals surface area contributed by atoms with E-state index < -0.39 is 11.9 Å².